The number of benzene rings is 1. The van der Waals surface area contributed by atoms with Crippen molar-refractivity contribution in [3.8, 4) is 22.1 Å². The molecule has 0 unspecified atom stereocenters. The summed E-state index contributed by atoms with van der Waals surface area (Å²) in [6, 6.07) is 5.78. The summed E-state index contributed by atoms with van der Waals surface area (Å²) in [6.45, 7) is 2.70. The molecule has 0 atom stereocenters. The summed E-state index contributed by atoms with van der Waals surface area (Å²) < 4.78 is 10.7. The minimum absolute atomic E-state index is 0.138. The van der Waals surface area contributed by atoms with Crippen molar-refractivity contribution in [2.45, 2.75) is 25.5 Å². The van der Waals surface area contributed by atoms with Gasteiger partial charge in [-0.05, 0) is 25.0 Å². The smallest absolute Gasteiger partial charge is 0.132 e. The lowest BCUT2D eigenvalue weighted by atomic mass is 10.1. The van der Waals surface area contributed by atoms with Gasteiger partial charge in [0.05, 0.1) is 31.6 Å². The second-order valence-electron chi connectivity index (χ2n) is 5.72. The van der Waals surface area contributed by atoms with Gasteiger partial charge in [0.15, 0.2) is 0 Å². The van der Waals surface area contributed by atoms with Crippen LogP contribution < -0.4 is 9.47 Å². The Bertz CT molecular complexity index is 651. The highest BCUT2D eigenvalue weighted by atomic mass is 32.1. The second kappa shape index (κ2) is 7.29. The van der Waals surface area contributed by atoms with Crippen molar-refractivity contribution >= 4 is 11.3 Å². The van der Waals surface area contributed by atoms with Gasteiger partial charge in [0, 0.05) is 31.1 Å². The Balaban J connectivity index is 1.74. The molecule has 2 aromatic rings. The first-order chi connectivity index (χ1) is 11.2. The Morgan fingerprint density at radius 1 is 1.26 bits per heavy atom. The largest absolute Gasteiger partial charge is 0.497 e. The summed E-state index contributed by atoms with van der Waals surface area (Å²) in [5.74, 6) is 1.54. The molecule has 23 heavy (non-hydrogen) atoms. The van der Waals surface area contributed by atoms with Crippen LogP contribution in [0.4, 0.5) is 0 Å². The monoisotopic (exact) mass is 334 g/mol. The molecule has 0 bridgehead atoms. The summed E-state index contributed by atoms with van der Waals surface area (Å²) in [4.78, 5) is 7.10. The molecule has 6 heteroatoms. The number of piperidine rings is 1. The number of thiazole rings is 1. The SMILES string of the molecule is COc1ccc(-c2nc(CN3CCC(O)CC3)cs2)c(OC)c1. The van der Waals surface area contributed by atoms with Gasteiger partial charge in [-0.25, -0.2) is 4.98 Å². The molecule has 0 saturated carbocycles. The van der Waals surface area contributed by atoms with Gasteiger partial charge in [-0.15, -0.1) is 11.3 Å². The summed E-state index contributed by atoms with van der Waals surface area (Å²) in [5, 5.41) is 12.6. The molecular formula is C17H22N2O3S. The van der Waals surface area contributed by atoms with Gasteiger partial charge in [-0.3, -0.25) is 4.90 Å². The van der Waals surface area contributed by atoms with Crippen molar-refractivity contribution in [2.75, 3.05) is 27.3 Å². The standard InChI is InChI=1S/C17H22N2O3S/c1-21-14-3-4-15(16(9-14)22-2)17-18-12(11-23-17)10-19-7-5-13(20)6-8-19/h3-4,9,11,13,20H,5-8,10H2,1-2H3. The predicted octanol–water partition coefficient (Wildman–Crippen LogP) is 2.78. The average molecular weight is 334 g/mol. The van der Waals surface area contributed by atoms with Gasteiger partial charge in [0.2, 0.25) is 0 Å². The lowest BCUT2D eigenvalue weighted by molar-refractivity contribution is 0.0787. The van der Waals surface area contributed by atoms with Gasteiger partial charge in [0.1, 0.15) is 16.5 Å². The molecule has 1 aliphatic heterocycles. The number of ether oxygens (including phenoxy) is 2. The molecule has 3 rings (SSSR count). The molecule has 0 aliphatic carbocycles. The first-order valence-corrected chi connectivity index (χ1v) is 8.65. The topological polar surface area (TPSA) is 54.8 Å². The summed E-state index contributed by atoms with van der Waals surface area (Å²) in [5.41, 5.74) is 2.05. The minimum atomic E-state index is -0.138. The van der Waals surface area contributed by atoms with Crippen molar-refractivity contribution in [1.82, 2.24) is 9.88 Å². The lowest BCUT2D eigenvalue weighted by Crippen LogP contribution is -2.35. The molecule has 124 valence electrons. The van der Waals surface area contributed by atoms with Crippen molar-refractivity contribution in [1.29, 1.82) is 0 Å². The van der Waals surface area contributed by atoms with Crippen LogP contribution in [-0.4, -0.2) is 48.4 Å². The maximum atomic E-state index is 9.58. The summed E-state index contributed by atoms with van der Waals surface area (Å²) in [7, 11) is 3.30. The van der Waals surface area contributed by atoms with Crippen LogP contribution in [-0.2, 0) is 6.54 Å². The first-order valence-electron chi connectivity index (χ1n) is 7.77. The van der Waals surface area contributed by atoms with E-state index in [0.717, 1.165) is 60.2 Å². The molecule has 1 aromatic heterocycles. The Hall–Kier alpha value is -1.63. The van der Waals surface area contributed by atoms with Crippen LogP contribution >= 0.6 is 11.3 Å². The van der Waals surface area contributed by atoms with Gasteiger partial charge in [0.25, 0.3) is 0 Å². The quantitative estimate of drug-likeness (QED) is 0.911. The number of aliphatic hydroxyl groups excluding tert-OH is 1. The molecule has 1 aliphatic rings. The zero-order valence-corrected chi connectivity index (χ0v) is 14.3. The van der Waals surface area contributed by atoms with E-state index in [1.54, 1.807) is 25.6 Å². The van der Waals surface area contributed by atoms with Crippen LogP contribution in [0, 0.1) is 0 Å². The van der Waals surface area contributed by atoms with Crippen molar-refractivity contribution in [2.24, 2.45) is 0 Å². The normalized spacial score (nSPS) is 16.5. The number of hydrogen-bond donors (Lipinski definition) is 1. The molecule has 1 aromatic carbocycles. The molecule has 2 heterocycles. The van der Waals surface area contributed by atoms with Crippen molar-refractivity contribution in [3.63, 3.8) is 0 Å². The third kappa shape index (κ3) is 3.83. The van der Waals surface area contributed by atoms with Crippen molar-refractivity contribution in [3.05, 3.63) is 29.3 Å². The fraction of sp³-hybridized carbons (Fsp3) is 0.471. The van der Waals surface area contributed by atoms with Crippen LogP contribution in [0.5, 0.6) is 11.5 Å². The molecule has 0 radical (unpaired) electrons. The van der Waals surface area contributed by atoms with E-state index in [4.69, 9.17) is 14.5 Å². The van der Waals surface area contributed by atoms with E-state index >= 15 is 0 Å². The number of rotatable bonds is 5. The fourth-order valence-electron chi connectivity index (χ4n) is 2.79. The third-order valence-electron chi connectivity index (χ3n) is 4.13. The lowest BCUT2D eigenvalue weighted by Gasteiger charge is -2.28. The van der Waals surface area contributed by atoms with E-state index in [1.807, 2.05) is 18.2 Å². The van der Waals surface area contributed by atoms with Gasteiger partial charge >= 0.3 is 0 Å². The number of aromatic nitrogens is 1. The number of likely N-dealkylation sites (tertiary alicyclic amines) is 1. The molecule has 1 saturated heterocycles. The van der Waals surface area contributed by atoms with Crippen LogP contribution in [0.2, 0.25) is 0 Å². The van der Waals surface area contributed by atoms with Crippen LogP contribution in [0.1, 0.15) is 18.5 Å². The van der Waals surface area contributed by atoms with Crippen LogP contribution in [0.15, 0.2) is 23.6 Å². The van der Waals surface area contributed by atoms with E-state index in [1.165, 1.54) is 0 Å². The van der Waals surface area contributed by atoms with Crippen LogP contribution in [0.3, 0.4) is 0 Å². The predicted molar refractivity (Wildman–Crippen MR) is 91.2 cm³/mol. The molecule has 5 nitrogen and oxygen atoms in total. The number of hydrogen-bond acceptors (Lipinski definition) is 6. The maximum absolute atomic E-state index is 9.58. The highest BCUT2D eigenvalue weighted by Gasteiger charge is 2.18. The van der Waals surface area contributed by atoms with E-state index in [-0.39, 0.29) is 6.10 Å². The number of methoxy groups -OCH3 is 2. The minimum Gasteiger partial charge on any atom is -0.497 e. The van der Waals surface area contributed by atoms with Gasteiger partial charge in [-0.2, -0.15) is 0 Å². The fourth-order valence-corrected chi connectivity index (χ4v) is 3.63. The number of nitrogens with zero attached hydrogens (tertiary/aromatic N) is 2. The van der Waals surface area contributed by atoms with E-state index in [9.17, 15) is 5.11 Å². The Kier molecular flexibility index (Phi) is 5.15. The zero-order valence-electron chi connectivity index (χ0n) is 13.5. The molecular weight excluding hydrogens is 312 g/mol. The molecule has 1 N–H and O–H groups in total. The molecule has 0 amide bonds. The zero-order chi connectivity index (χ0) is 16.2. The highest BCUT2D eigenvalue weighted by molar-refractivity contribution is 7.13. The van der Waals surface area contributed by atoms with Crippen molar-refractivity contribution < 1.29 is 14.6 Å². The van der Waals surface area contributed by atoms with E-state index in [0.29, 0.717) is 0 Å². The third-order valence-corrected chi connectivity index (χ3v) is 5.06. The Morgan fingerprint density at radius 2 is 2.04 bits per heavy atom. The number of aliphatic hydroxyl groups is 1. The summed E-state index contributed by atoms with van der Waals surface area (Å²) >= 11 is 1.63. The molecule has 1 fully saturated rings. The van der Waals surface area contributed by atoms with Crippen LogP contribution in [0.25, 0.3) is 10.6 Å². The first kappa shape index (κ1) is 16.2. The maximum Gasteiger partial charge on any atom is 0.132 e. The summed E-state index contributed by atoms with van der Waals surface area (Å²) in [6.07, 6.45) is 1.56. The van der Waals surface area contributed by atoms with E-state index < -0.39 is 0 Å². The van der Waals surface area contributed by atoms with Gasteiger partial charge in [-0.1, -0.05) is 0 Å². The Morgan fingerprint density at radius 3 is 2.74 bits per heavy atom. The molecule has 0 spiro atoms. The highest BCUT2D eigenvalue weighted by Crippen LogP contribution is 2.35. The average Bonchev–Trinajstić information content (AvgIpc) is 3.04. The Labute approximate surface area is 140 Å². The van der Waals surface area contributed by atoms with Gasteiger partial charge < -0.3 is 14.6 Å². The second-order valence-corrected chi connectivity index (χ2v) is 6.58. The van der Waals surface area contributed by atoms with E-state index in [2.05, 4.69) is 10.3 Å².